The Balaban J connectivity index is 0.000000165. The van der Waals surface area contributed by atoms with Crippen LogP contribution in [0.3, 0.4) is 0 Å². The Morgan fingerprint density at radius 3 is 1.74 bits per heavy atom. The third-order valence-electron chi connectivity index (χ3n) is 6.64. The van der Waals surface area contributed by atoms with Crippen LogP contribution in [0.15, 0.2) is 36.4 Å². The van der Waals surface area contributed by atoms with E-state index < -0.39 is 30.5 Å². The first-order valence-electron chi connectivity index (χ1n) is 13.0. The first-order valence-corrected chi connectivity index (χ1v) is 15.0. The molecule has 6 rings (SSSR count). The van der Waals surface area contributed by atoms with E-state index in [1.165, 1.54) is 23.5 Å². The van der Waals surface area contributed by atoms with Crippen LogP contribution in [0.1, 0.15) is 11.1 Å². The fourth-order valence-electron chi connectivity index (χ4n) is 4.18. The Hall–Kier alpha value is -2.18. The molecule has 2 aliphatic heterocycles. The summed E-state index contributed by atoms with van der Waals surface area (Å²) in [5.41, 5.74) is 4.71. The van der Waals surface area contributed by atoms with Gasteiger partial charge in [0, 0.05) is 32.2 Å². The van der Waals surface area contributed by atoms with Gasteiger partial charge < -0.3 is 30.7 Å². The Morgan fingerprint density at radius 2 is 1.30 bits per heavy atom. The number of rotatable bonds is 4. The normalized spacial score (nSPS) is 16.6. The van der Waals surface area contributed by atoms with Crippen LogP contribution in [0.5, 0.6) is 0 Å². The van der Waals surface area contributed by atoms with Crippen LogP contribution in [0.25, 0.3) is 20.4 Å². The molecule has 232 valence electrons. The second-order valence-corrected chi connectivity index (χ2v) is 12.8. The van der Waals surface area contributed by atoms with Crippen LogP contribution in [-0.2, 0) is 12.4 Å². The van der Waals surface area contributed by atoms with Crippen molar-refractivity contribution < 1.29 is 36.4 Å². The van der Waals surface area contributed by atoms with E-state index in [1.54, 1.807) is 13.6 Å². The maximum atomic E-state index is 12.6. The SMILES string of the molecule is CB(O)N1CC(N)C1.CB(O)N1CC(Nc2nc3cc(C(F)(F)F)ccc3s2)C1.FC(F)(F)c1ccc2sc(Cl)nc2c1. The van der Waals surface area contributed by atoms with Crippen molar-refractivity contribution in [2.45, 2.75) is 38.1 Å². The molecule has 0 radical (unpaired) electrons. The van der Waals surface area contributed by atoms with Crippen molar-refractivity contribution in [3.05, 3.63) is 52.0 Å². The second kappa shape index (κ2) is 13.4. The topological polar surface area (TPSA) is 111 Å². The van der Waals surface area contributed by atoms with E-state index >= 15 is 0 Å². The van der Waals surface area contributed by atoms with Crippen LogP contribution >= 0.6 is 34.3 Å². The highest BCUT2D eigenvalue weighted by atomic mass is 35.5. The van der Waals surface area contributed by atoms with Gasteiger partial charge in [0.15, 0.2) is 9.60 Å². The zero-order valence-electron chi connectivity index (χ0n) is 22.8. The molecule has 4 aromatic rings. The van der Waals surface area contributed by atoms with Crippen molar-refractivity contribution in [3.8, 4) is 0 Å². The fourth-order valence-corrected chi connectivity index (χ4v) is 6.11. The van der Waals surface area contributed by atoms with Crippen LogP contribution in [0.4, 0.5) is 31.5 Å². The number of alkyl halides is 6. The van der Waals surface area contributed by atoms with E-state index in [2.05, 4.69) is 15.3 Å². The Bertz CT molecular complexity index is 1530. The number of benzene rings is 2. The summed E-state index contributed by atoms with van der Waals surface area (Å²) >= 11 is 8.07. The van der Waals surface area contributed by atoms with Gasteiger partial charge in [-0.25, -0.2) is 9.97 Å². The molecule has 4 heterocycles. The lowest BCUT2D eigenvalue weighted by atomic mass is 9.80. The maximum absolute atomic E-state index is 12.6. The third kappa shape index (κ3) is 8.94. The molecular formula is C24H27B2ClF6N6O2S2. The van der Waals surface area contributed by atoms with E-state index in [-0.39, 0.29) is 23.1 Å². The summed E-state index contributed by atoms with van der Waals surface area (Å²) in [6.45, 7) is 6.54. The van der Waals surface area contributed by atoms with Gasteiger partial charge in [0.1, 0.15) is 0 Å². The molecule has 0 aliphatic carbocycles. The molecule has 0 unspecified atom stereocenters. The zero-order chi connectivity index (χ0) is 31.7. The van der Waals surface area contributed by atoms with Crippen molar-refractivity contribution in [3.63, 3.8) is 0 Å². The highest BCUT2D eigenvalue weighted by Gasteiger charge is 2.33. The Labute approximate surface area is 256 Å². The molecule has 43 heavy (non-hydrogen) atoms. The summed E-state index contributed by atoms with van der Waals surface area (Å²) in [6.07, 6.45) is -8.68. The lowest BCUT2D eigenvalue weighted by Crippen LogP contribution is -2.60. The van der Waals surface area contributed by atoms with Crippen molar-refractivity contribution in [2.24, 2.45) is 5.73 Å². The second-order valence-electron chi connectivity index (χ2n) is 10.1. The molecule has 2 aliphatic rings. The summed E-state index contributed by atoms with van der Waals surface area (Å²) in [4.78, 5) is 11.8. The molecule has 8 nitrogen and oxygen atoms in total. The first-order chi connectivity index (χ1) is 20.0. The van der Waals surface area contributed by atoms with E-state index in [0.29, 0.717) is 34.5 Å². The smallest absolute Gasteiger partial charge is 0.416 e. The van der Waals surface area contributed by atoms with E-state index in [4.69, 9.17) is 22.4 Å². The largest absolute Gasteiger partial charge is 0.437 e. The van der Waals surface area contributed by atoms with Crippen LogP contribution in [0.2, 0.25) is 18.1 Å². The molecule has 0 saturated carbocycles. The number of anilines is 1. The van der Waals surface area contributed by atoms with Crippen molar-refractivity contribution >= 4 is 73.9 Å². The number of fused-ring (bicyclic) bond motifs is 2. The van der Waals surface area contributed by atoms with Gasteiger partial charge in [0.05, 0.1) is 37.6 Å². The minimum Gasteiger partial charge on any atom is -0.437 e. The standard InChI is InChI=1S/C12H13BF3N3OS.C8H3ClF3NS.C4H11BN2O/c1-13(20)19-5-8(6-19)17-11-18-9-4-7(12(14,15)16)2-3-10(9)21-11;9-7-13-5-3-4(8(10,11)12)1-2-6(5)14-7;1-5(8)7-2-4(6)3-7/h2-4,8,20H,5-6H2,1H3,(H,17,18);1-3H;4,8H,2-3,6H2,1H3. The van der Waals surface area contributed by atoms with Gasteiger partial charge in [-0.05, 0) is 50.0 Å². The summed E-state index contributed by atoms with van der Waals surface area (Å²) in [5.74, 6) is 0. The molecule has 19 heteroatoms. The molecule has 0 amide bonds. The van der Waals surface area contributed by atoms with E-state index in [1.807, 2.05) is 9.62 Å². The lowest BCUT2D eigenvalue weighted by Gasteiger charge is -2.40. The molecule has 2 aromatic carbocycles. The minimum atomic E-state index is -4.35. The summed E-state index contributed by atoms with van der Waals surface area (Å²) in [7, 11) is -0.789. The number of nitrogens with zero attached hydrogens (tertiary/aromatic N) is 4. The average Bonchev–Trinajstić information content (AvgIpc) is 3.44. The van der Waals surface area contributed by atoms with Crippen LogP contribution in [0, 0.1) is 0 Å². The minimum absolute atomic E-state index is 0.169. The zero-order valence-corrected chi connectivity index (χ0v) is 25.2. The Morgan fingerprint density at radius 1 is 0.837 bits per heavy atom. The first kappa shape index (κ1) is 33.7. The monoisotopic (exact) mass is 666 g/mol. The number of thiazole rings is 2. The predicted molar refractivity (Wildman–Crippen MR) is 160 cm³/mol. The molecule has 2 aromatic heterocycles. The number of hydrogen-bond acceptors (Lipinski definition) is 10. The van der Waals surface area contributed by atoms with Crippen molar-refractivity contribution in [2.75, 3.05) is 31.5 Å². The van der Waals surface area contributed by atoms with Crippen LogP contribution in [-0.4, -0.2) is 82.0 Å². The lowest BCUT2D eigenvalue weighted by molar-refractivity contribution is -0.138. The van der Waals surface area contributed by atoms with Gasteiger partial charge in [0.2, 0.25) is 0 Å². The van der Waals surface area contributed by atoms with Crippen LogP contribution < -0.4 is 11.1 Å². The molecule has 0 atom stereocenters. The molecule has 5 N–H and O–H groups in total. The number of aromatic nitrogens is 2. The molecular weight excluding hydrogens is 640 g/mol. The van der Waals surface area contributed by atoms with Crippen molar-refractivity contribution in [1.29, 1.82) is 0 Å². The number of nitrogens with two attached hydrogens (primary N) is 1. The summed E-state index contributed by atoms with van der Waals surface area (Å²) in [6, 6.07) is 7.45. The predicted octanol–water partition coefficient (Wildman–Crippen LogP) is 5.23. The van der Waals surface area contributed by atoms with Crippen molar-refractivity contribution in [1.82, 2.24) is 19.6 Å². The quantitative estimate of drug-likeness (QED) is 0.173. The fraction of sp³-hybridized carbons (Fsp3) is 0.417. The van der Waals surface area contributed by atoms with Gasteiger partial charge in [0.25, 0.3) is 0 Å². The van der Waals surface area contributed by atoms with Gasteiger partial charge in [-0.15, -0.1) is 11.3 Å². The summed E-state index contributed by atoms with van der Waals surface area (Å²) < 4.78 is 76.4. The third-order valence-corrected chi connectivity index (χ3v) is 8.74. The number of halogens is 7. The molecule has 2 fully saturated rings. The number of nitrogens with one attached hydrogen (secondary N) is 1. The number of hydrogen-bond donors (Lipinski definition) is 4. The van der Waals surface area contributed by atoms with Gasteiger partial charge in [-0.1, -0.05) is 22.9 Å². The highest BCUT2D eigenvalue weighted by Crippen LogP contribution is 2.35. The maximum Gasteiger partial charge on any atom is 0.416 e. The highest BCUT2D eigenvalue weighted by molar-refractivity contribution is 7.22. The molecule has 0 bridgehead atoms. The average molecular weight is 667 g/mol. The van der Waals surface area contributed by atoms with E-state index in [9.17, 15) is 31.4 Å². The Kier molecular flexibility index (Phi) is 10.5. The van der Waals surface area contributed by atoms with Gasteiger partial charge in [-0.3, -0.25) is 0 Å². The van der Waals surface area contributed by atoms with E-state index in [0.717, 1.165) is 53.4 Å². The molecule has 0 spiro atoms. The summed E-state index contributed by atoms with van der Waals surface area (Å²) in [5, 5.41) is 22.0. The van der Waals surface area contributed by atoms with Gasteiger partial charge in [-0.2, -0.15) is 26.3 Å². The van der Waals surface area contributed by atoms with Gasteiger partial charge >= 0.3 is 26.5 Å². The molecule has 2 saturated heterocycles.